The molecule has 0 saturated heterocycles. The van der Waals surface area contributed by atoms with E-state index in [1.54, 1.807) is 31.2 Å². The summed E-state index contributed by atoms with van der Waals surface area (Å²) in [4.78, 5) is 25.2. The first-order chi connectivity index (χ1) is 13.0. The Bertz CT molecular complexity index is 882. The van der Waals surface area contributed by atoms with Crippen LogP contribution in [-0.2, 0) is 4.79 Å². The average molecular weight is 383 g/mol. The summed E-state index contributed by atoms with van der Waals surface area (Å²) in [5.41, 5.74) is 3.71. The lowest BCUT2D eigenvalue weighted by molar-refractivity contribution is -0.122. The maximum absolute atomic E-state index is 12.7. The minimum absolute atomic E-state index is 0.234. The summed E-state index contributed by atoms with van der Waals surface area (Å²) in [6.07, 6.45) is -0.710. The maximum Gasteiger partial charge on any atom is 0.265 e. The summed E-state index contributed by atoms with van der Waals surface area (Å²) in [6.45, 7) is 13.4. The monoisotopic (exact) mass is 382 g/mol. The van der Waals surface area contributed by atoms with E-state index in [4.69, 9.17) is 4.74 Å². The number of hydrogen-bond donors (Lipinski definition) is 2. The molecule has 2 rings (SSSR count). The normalized spacial score (nSPS) is 12.2. The molecule has 1 atom stereocenters. The van der Waals surface area contributed by atoms with Gasteiger partial charge < -0.3 is 15.4 Å². The van der Waals surface area contributed by atoms with Gasteiger partial charge in [0.05, 0.1) is 11.3 Å². The summed E-state index contributed by atoms with van der Waals surface area (Å²) in [6, 6.07) is 11.0. The number of amides is 2. The molecule has 2 aromatic carbocycles. The highest BCUT2D eigenvalue weighted by Gasteiger charge is 2.21. The van der Waals surface area contributed by atoms with Crippen molar-refractivity contribution in [2.75, 3.05) is 5.32 Å². The third-order valence-electron chi connectivity index (χ3n) is 4.36. The van der Waals surface area contributed by atoms with E-state index in [0.29, 0.717) is 17.0 Å². The van der Waals surface area contributed by atoms with Crippen molar-refractivity contribution in [1.29, 1.82) is 0 Å². The van der Waals surface area contributed by atoms with Crippen LogP contribution in [0.5, 0.6) is 5.75 Å². The van der Waals surface area contributed by atoms with E-state index in [-0.39, 0.29) is 17.4 Å². The van der Waals surface area contributed by atoms with Crippen molar-refractivity contribution < 1.29 is 14.3 Å². The van der Waals surface area contributed by atoms with Crippen LogP contribution in [0.4, 0.5) is 5.69 Å². The Hall–Kier alpha value is -2.82. The van der Waals surface area contributed by atoms with E-state index < -0.39 is 6.10 Å². The predicted octanol–water partition coefficient (Wildman–Crippen LogP) is 4.55. The minimum atomic E-state index is -0.710. The van der Waals surface area contributed by atoms with E-state index in [2.05, 4.69) is 16.7 Å². The lowest BCUT2D eigenvalue weighted by atomic mass is 10.1. The highest BCUT2D eigenvalue weighted by molar-refractivity contribution is 6.04. The number of benzene rings is 2. The zero-order chi connectivity index (χ0) is 21.1. The Morgan fingerprint density at radius 1 is 1.04 bits per heavy atom. The SMILES string of the molecule is Cc1cc(C)c(C)c(O[C@H](C)C(=O)Nc2ccccc2C(=O)NC(C)(C)C)c1. The first-order valence-corrected chi connectivity index (χ1v) is 9.45. The number of nitrogens with one attached hydrogen (secondary N) is 2. The van der Waals surface area contributed by atoms with Gasteiger partial charge in [0.25, 0.3) is 11.8 Å². The van der Waals surface area contributed by atoms with Gasteiger partial charge in [0, 0.05) is 5.54 Å². The Labute approximate surface area is 167 Å². The molecule has 0 saturated carbocycles. The van der Waals surface area contributed by atoms with Crippen LogP contribution in [0.25, 0.3) is 0 Å². The number of rotatable bonds is 5. The van der Waals surface area contributed by atoms with Gasteiger partial charge in [-0.15, -0.1) is 0 Å². The molecule has 0 aliphatic heterocycles. The molecule has 28 heavy (non-hydrogen) atoms. The molecule has 2 N–H and O–H groups in total. The molecule has 0 aromatic heterocycles. The summed E-state index contributed by atoms with van der Waals surface area (Å²) in [5.74, 6) is 0.149. The quantitative estimate of drug-likeness (QED) is 0.797. The number of carbonyl (C=O) groups excluding carboxylic acids is 2. The lowest BCUT2D eigenvalue weighted by Gasteiger charge is -2.22. The molecule has 0 aliphatic carbocycles. The summed E-state index contributed by atoms with van der Waals surface area (Å²) < 4.78 is 5.91. The zero-order valence-corrected chi connectivity index (χ0v) is 17.8. The van der Waals surface area contributed by atoms with Crippen LogP contribution in [0.3, 0.4) is 0 Å². The van der Waals surface area contributed by atoms with Gasteiger partial charge >= 0.3 is 0 Å². The average Bonchev–Trinajstić information content (AvgIpc) is 2.58. The van der Waals surface area contributed by atoms with Crippen LogP contribution < -0.4 is 15.4 Å². The molecule has 2 aromatic rings. The molecule has 0 unspecified atom stereocenters. The van der Waals surface area contributed by atoms with Crippen molar-refractivity contribution in [2.24, 2.45) is 0 Å². The predicted molar refractivity (Wildman–Crippen MR) is 113 cm³/mol. The molecular weight excluding hydrogens is 352 g/mol. The minimum Gasteiger partial charge on any atom is -0.481 e. The first kappa shape index (κ1) is 21.5. The summed E-state index contributed by atoms with van der Waals surface area (Å²) in [7, 11) is 0. The van der Waals surface area contributed by atoms with Gasteiger partial charge in [-0.1, -0.05) is 18.2 Å². The third kappa shape index (κ3) is 5.59. The Morgan fingerprint density at radius 3 is 2.32 bits per heavy atom. The molecule has 0 spiro atoms. The molecule has 0 bridgehead atoms. The van der Waals surface area contributed by atoms with Gasteiger partial charge in [-0.05, 0) is 83.4 Å². The molecule has 0 aliphatic rings. The fourth-order valence-corrected chi connectivity index (χ4v) is 2.80. The van der Waals surface area contributed by atoms with Crippen molar-refractivity contribution >= 4 is 17.5 Å². The second-order valence-corrected chi connectivity index (χ2v) is 8.20. The van der Waals surface area contributed by atoms with Gasteiger partial charge in [0.1, 0.15) is 5.75 Å². The second-order valence-electron chi connectivity index (χ2n) is 8.20. The summed E-state index contributed by atoms with van der Waals surface area (Å²) in [5, 5.41) is 5.74. The van der Waals surface area contributed by atoms with E-state index >= 15 is 0 Å². The van der Waals surface area contributed by atoms with Gasteiger partial charge in [-0.2, -0.15) is 0 Å². The third-order valence-corrected chi connectivity index (χ3v) is 4.36. The smallest absolute Gasteiger partial charge is 0.265 e. The van der Waals surface area contributed by atoms with Gasteiger partial charge in [0.15, 0.2) is 6.10 Å². The molecule has 150 valence electrons. The number of ether oxygens (including phenoxy) is 1. The molecule has 5 heteroatoms. The van der Waals surface area contributed by atoms with E-state index in [0.717, 1.165) is 16.7 Å². The lowest BCUT2D eigenvalue weighted by Crippen LogP contribution is -2.41. The molecular formula is C23H30N2O3. The molecule has 0 fully saturated rings. The van der Waals surface area contributed by atoms with Gasteiger partial charge in [0.2, 0.25) is 0 Å². The zero-order valence-electron chi connectivity index (χ0n) is 17.8. The number of anilines is 1. The fraction of sp³-hybridized carbons (Fsp3) is 0.391. The number of carbonyl (C=O) groups is 2. The van der Waals surface area contributed by atoms with Crippen LogP contribution in [0.2, 0.25) is 0 Å². The van der Waals surface area contributed by atoms with Gasteiger partial charge in [-0.25, -0.2) is 0 Å². The molecule has 5 nitrogen and oxygen atoms in total. The highest BCUT2D eigenvalue weighted by atomic mass is 16.5. The standard InChI is InChI=1S/C23H30N2O3/c1-14-12-15(2)16(3)20(13-14)28-17(4)21(26)24-19-11-9-8-10-18(19)22(27)25-23(5,6)7/h8-13,17H,1-7H3,(H,24,26)(H,25,27)/t17-/m1/s1. The second kappa shape index (κ2) is 8.46. The van der Waals surface area contributed by atoms with Crippen molar-refractivity contribution in [3.63, 3.8) is 0 Å². The van der Waals surface area contributed by atoms with Crippen LogP contribution in [0.15, 0.2) is 36.4 Å². The van der Waals surface area contributed by atoms with E-state index in [1.807, 2.05) is 47.6 Å². The molecule has 0 heterocycles. The number of aryl methyl sites for hydroxylation is 2. The van der Waals surface area contributed by atoms with Crippen molar-refractivity contribution in [2.45, 2.75) is 60.1 Å². The van der Waals surface area contributed by atoms with E-state index in [9.17, 15) is 9.59 Å². The number of hydrogen-bond acceptors (Lipinski definition) is 3. The van der Waals surface area contributed by atoms with Gasteiger partial charge in [-0.3, -0.25) is 9.59 Å². The van der Waals surface area contributed by atoms with Crippen LogP contribution in [0.1, 0.15) is 54.7 Å². The largest absolute Gasteiger partial charge is 0.481 e. The van der Waals surface area contributed by atoms with Crippen molar-refractivity contribution in [3.05, 3.63) is 58.7 Å². The van der Waals surface area contributed by atoms with Crippen LogP contribution >= 0.6 is 0 Å². The molecule has 2 amide bonds. The first-order valence-electron chi connectivity index (χ1n) is 9.45. The topological polar surface area (TPSA) is 67.4 Å². The van der Waals surface area contributed by atoms with Crippen molar-refractivity contribution in [1.82, 2.24) is 5.32 Å². The summed E-state index contributed by atoms with van der Waals surface area (Å²) >= 11 is 0. The Kier molecular flexibility index (Phi) is 6.49. The number of para-hydroxylation sites is 1. The van der Waals surface area contributed by atoms with Crippen molar-refractivity contribution in [3.8, 4) is 5.75 Å². The van der Waals surface area contributed by atoms with Crippen LogP contribution in [-0.4, -0.2) is 23.5 Å². The Balaban J connectivity index is 2.16. The molecule has 0 radical (unpaired) electrons. The highest BCUT2D eigenvalue weighted by Crippen LogP contribution is 2.25. The van der Waals surface area contributed by atoms with E-state index in [1.165, 1.54) is 0 Å². The van der Waals surface area contributed by atoms with Crippen LogP contribution in [0, 0.1) is 20.8 Å². The maximum atomic E-state index is 12.7. The Morgan fingerprint density at radius 2 is 1.68 bits per heavy atom. The fourth-order valence-electron chi connectivity index (χ4n) is 2.80.